The van der Waals surface area contributed by atoms with Gasteiger partial charge in [0.1, 0.15) is 16.5 Å². The number of unbranched alkanes of at least 4 members (excludes halogenated alkanes) is 2. The van der Waals surface area contributed by atoms with E-state index in [4.69, 9.17) is 5.26 Å². The van der Waals surface area contributed by atoms with Crippen LogP contribution in [-0.4, -0.2) is 16.5 Å². The summed E-state index contributed by atoms with van der Waals surface area (Å²) in [4.78, 5) is 10.2. The third-order valence-electron chi connectivity index (χ3n) is 3.26. The molecule has 0 radical (unpaired) electrons. The van der Waals surface area contributed by atoms with Crippen LogP contribution in [0.4, 0.5) is 5.82 Å². The van der Waals surface area contributed by atoms with Crippen LogP contribution in [0.5, 0.6) is 0 Å². The Hall–Kier alpha value is -1.67. The second kappa shape index (κ2) is 7.37. The summed E-state index contributed by atoms with van der Waals surface area (Å²) in [6.07, 6.45) is 3.59. The molecule has 0 fully saturated rings. The lowest BCUT2D eigenvalue weighted by Gasteiger charge is -2.10. The number of aryl methyl sites for hydroxylation is 1. The van der Waals surface area contributed by atoms with Crippen molar-refractivity contribution < 1.29 is 0 Å². The molecule has 0 bridgehead atoms. The third-order valence-corrected chi connectivity index (χ3v) is 4.18. The molecule has 0 unspecified atom stereocenters. The topological polar surface area (TPSA) is 61.6 Å². The van der Waals surface area contributed by atoms with Crippen molar-refractivity contribution >= 4 is 27.4 Å². The monoisotopic (exact) mass is 302 g/mol. The fourth-order valence-electron chi connectivity index (χ4n) is 2.36. The summed E-state index contributed by atoms with van der Waals surface area (Å²) in [6.45, 7) is 7.24. The van der Waals surface area contributed by atoms with E-state index < -0.39 is 0 Å². The second-order valence-corrected chi connectivity index (χ2v) is 6.56. The predicted molar refractivity (Wildman–Crippen MR) is 88.6 cm³/mol. The van der Waals surface area contributed by atoms with Crippen molar-refractivity contribution in [3.63, 3.8) is 0 Å². The summed E-state index contributed by atoms with van der Waals surface area (Å²) < 4.78 is 0. The molecule has 0 saturated heterocycles. The first-order valence-corrected chi connectivity index (χ1v) is 8.35. The van der Waals surface area contributed by atoms with Gasteiger partial charge in [-0.15, -0.1) is 11.3 Å². The lowest BCUT2D eigenvalue weighted by Crippen LogP contribution is -2.06. The molecule has 1 N–H and O–H groups in total. The van der Waals surface area contributed by atoms with Gasteiger partial charge in [-0.1, -0.05) is 13.8 Å². The maximum atomic E-state index is 8.56. The number of thiophene rings is 1. The molecule has 4 nitrogen and oxygen atoms in total. The molecule has 0 aromatic carbocycles. The number of nitriles is 1. The molecule has 112 valence electrons. The molecule has 0 spiro atoms. The molecule has 0 amide bonds. The van der Waals surface area contributed by atoms with Crippen molar-refractivity contribution in [1.82, 2.24) is 9.97 Å². The smallest absolute Gasteiger partial charge is 0.138 e. The first-order valence-electron chi connectivity index (χ1n) is 7.47. The van der Waals surface area contributed by atoms with Gasteiger partial charge in [0.25, 0.3) is 0 Å². The minimum atomic E-state index is 0.618. The highest BCUT2D eigenvalue weighted by Crippen LogP contribution is 2.31. The van der Waals surface area contributed by atoms with Crippen LogP contribution in [0.15, 0.2) is 5.38 Å². The zero-order valence-electron chi connectivity index (χ0n) is 12.9. The largest absolute Gasteiger partial charge is 0.369 e. The summed E-state index contributed by atoms with van der Waals surface area (Å²) in [5, 5.41) is 15.4. The van der Waals surface area contributed by atoms with Gasteiger partial charge in [0.15, 0.2) is 0 Å². The normalized spacial score (nSPS) is 11.0. The van der Waals surface area contributed by atoms with Crippen molar-refractivity contribution in [1.29, 1.82) is 5.26 Å². The van der Waals surface area contributed by atoms with E-state index in [1.807, 2.05) is 6.92 Å². The highest BCUT2D eigenvalue weighted by Gasteiger charge is 2.13. The van der Waals surface area contributed by atoms with Crippen LogP contribution < -0.4 is 5.32 Å². The Kier molecular flexibility index (Phi) is 5.51. The number of fused-ring (bicyclic) bond motifs is 1. The Morgan fingerprint density at radius 3 is 2.86 bits per heavy atom. The number of nitrogens with one attached hydrogen (secondary N) is 1. The zero-order chi connectivity index (χ0) is 15.2. The zero-order valence-corrected chi connectivity index (χ0v) is 13.8. The van der Waals surface area contributed by atoms with E-state index >= 15 is 0 Å². The minimum Gasteiger partial charge on any atom is -0.369 e. The molecule has 5 heteroatoms. The Morgan fingerprint density at radius 2 is 2.14 bits per heavy atom. The van der Waals surface area contributed by atoms with E-state index in [0.717, 1.165) is 42.3 Å². The maximum Gasteiger partial charge on any atom is 0.138 e. The van der Waals surface area contributed by atoms with Crippen LogP contribution in [0, 0.1) is 24.2 Å². The van der Waals surface area contributed by atoms with E-state index in [-0.39, 0.29) is 0 Å². The molecule has 21 heavy (non-hydrogen) atoms. The standard InChI is InChI=1S/C16H22N4S/c1-11(2)9-13-10-21-16-14(13)15(19-12(3)20-16)18-8-6-4-5-7-17/h10-11H,4-6,8-9H2,1-3H3,(H,18,19,20). The Labute approximate surface area is 130 Å². The Bertz CT molecular complexity index is 639. The summed E-state index contributed by atoms with van der Waals surface area (Å²) in [5.41, 5.74) is 1.34. The van der Waals surface area contributed by atoms with Gasteiger partial charge in [-0.25, -0.2) is 9.97 Å². The van der Waals surface area contributed by atoms with Crippen LogP contribution in [0.2, 0.25) is 0 Å². The molecule has 0 aliphatic carbocycles. The van der Waals surface area contributed by atoms with Gasteiger partial charge < -0.3 is 5.32 Å². The van der Waals surface area contributed by atoms with Crippen molar-refractivity contribution in [3.8, 4) is 6.07 Å². The van der Waals surface area contributed by atoms with Crippen molar-refractivity contribution in [2.75, 3.05) is 11.9 Å². The highest BCUT2D eigenvalue weighted by atomic mass is 32.1. The molecule has 2 heterocycles. The lowest BCUT2D eigenvalue weighted by molar-refractivity contribution is 0.651. The molecule has 0 saturated carbocycles. The minimum absolute atomic E-state index is 0.618. The van der Waals surface area contributed by atoms with Crippen molar-refractivity contribution in [3.05, 3.63) is 16.8 Å². The van der Waals surface area contributed by atoms with Crippen LogP contribution >= 0.6 is 11.3 Å². The average molecular weight is 302 g/mol. The lowest BCUT2D eigenvalue weighted by atomic mass is 10.0. The number of anilines is 1. The fraction of sp³-hybridized carbons (Fsp3) is 0.562. The SMILES string of the molecule is Cc1nc(NCCCCC#N)c2c(CC(C)C)csc2n1. The molecule has 2 aromatic rings. The van der Waals surface area contributed by atoms with Crippen LogP contribution in [-0.2, 0) is 6.42 Å². The second-order valence-electron chi connectivity index (χ2n) is 5.70. The summed E-state index contributed by atoms with van der Waals surface area (Å²) >= 11 is 1.70. The summed E-state index contributed by atoms with van der Waals surface area (Å²) in [5.74, 6) is 2.37. The van der Waals surface area contributed by atoms with Crippen LogP contribution in [0.1, 0.15) is 44.5 Å². The van der Waals surface area contributed by atoms with Gasteiger partial charge >= 0.3 is 0 Å². The van der Waals surface area contributed by atoms with E-state index in [2.05, 4.69) is 40.6 Å². The number of hydrogen-bond donors (Lipinski definition) is 1. The van der Waals surface area contributed by atoms with Gasteiger partial charge in [0.05, 0.1) is 11.5 Å². The Morgan fingerprint density at radius 1 is 1.33 bits per heavy atom. The highest BCUT2D eigenvalue weighted by molar-refractivity contribution is 7.17. The number of nitrogens with zero attached hydrogens (tertiary/aromatic N) is 3. The van der Waals surface area contributed by atoms with Crippen LogP contribution in [0.25, 0.3) is 10.2 Å². The maximum absolute atomic E-state index is 8.56. The molecular formula is C16H22N4S. The van der Waals surface area contributed by atoms with Gasteiger partial charge in [0, 0.05) is 13.0 Å². The first kappa shape index (κ1) is 15.7. The molecule has 2 aromatic heterocycles. The summed E-state index contributed by atoms with van der Waals surface area (Å²) in [7, 11) is 0. The van der Waals surface area contributed by atoms with E-state index in [1.165, 1.54) is 10.9 Å². The molecular weight excluding hydrogens is 280 g/mol. The molecule has 0 aliphatic heterocycles. The van der Waals surface area contributed by atoms with Gasteiger partial charge in [0.2, 0.25) is 0 Å². The summed E-state index contributed by atoms with van der Waals surface area (Å²) in [6, 6.07) is 2.18. The first-order chi connectivity index (χ1) is 10.1. The fourth-order valence-corrected chi connectivity index (χ4v) is 3.36. The van der Waals surface area contributed by atoms with Gasteiger partial charge in [-0.3, -0.25) is 0 Å². The molecule has 2 rings (SSSR count). The molecule has 0 aliphatic rings. The van der Waals surface area contributed by atoms with Gasteiger partial charge in [-0.2, -0.15) is 5.26 Å². The predicted octanol–water partition coefficient (Wildman–Crippen LogP) is 4.30. The molecule has 0 atom stereocenters. The van der Waals surface area contributed by atoms with Crippen molar-refractivity contribution in [2.24, 2.45) is 5.92 Å². The Balaban J connectivity index is 2.19. The van der Waals surface area contributed by atoms with Crippen molar-refractivity contribution in [2.45, 2.75) is 46.5 Å². The van der Waals surface area contributed by atoms with E-state index in [9.17, 15) is 0 Å². The third kappa shape index (κ3) is 4.15. The van der Waals surface area contributed by atoms with E-state index in [0.29, 0.717) is 12.3 Å². The number of aromatic nitrogens is 2. The number of rotatable bonds is 7. The van der Waals surface area contributed by atoms with Gasteiger partial charge in [-0.05, 0) is 43.0 Å². The number of hydrogen-bond acceptors (Lipinski definition) is 5. The van der Waals surface area contributed by atoms with Crippen LogP contribution in [0.3, 0.4) is 0 Å². The average Bonchev–Trinajstić information content (AvgIpc) is 2.80. The quantitative estimate of drug-likeness (QED) is 0.774. The van der Waals surface area contributed by atoms with E-state index in [1.54, 1.807) is 11.3 Å².